The number of piperidine rings is 1. The van der Waals surface area contributed by atoms with Crippen molar-refractivity contribution in [3.8, 4) is 17.2 Å². The van der Waals surface area contributed by atoms with Gasteiger partial charge in [-0.05, 0) is 23.8 Å². The number of nitrogens with one attached hydrogen (secondary N) is 1. The van der Waals surface area contributed by atoms with Crippen molar-refractivity contribution < 1.29 is 27.8 Å². The molecule has 1 amide bonds. The van der Waals surface area contributed by atoms with E-state index in [1.165, 1.54) is 13.2 Å². The lowest BCUT2D eigenvalue weighted by Gasteiger charge is -2.26. The molecule has 0 radical (unpaired) electrons. The van der Waals surface area contributed by atoms with Crippen molar-refractivity contribution in [1.82, 2.24) is 5.32 Å². The van der Waals surface area contributed by atoms with Crippen LogP contribution >= 0.6 is 0 Å². The number of para-hydroxylation sites is 1. The van der Waals surface area contributed by atoms with Crippen molar-refractivity contribution in [3.05, 3.63) is 65.2 Å². The van der Waals surface area contributed by atoms with Crippen LogP contribution in [0.5, 0.6) is 17.2 Å². The van der Waals surface area contributed by atoms with Gasteiger partial charge in [0.15, 0.2) is 11.5 Å². The molecule has 6 nitrogen and oxygen atoms in total. The number of benzene rings is 2. The van der Waals surface area contributed by atoms with Crippen molar-refractivity contribution in [2.45, 2.75) is 25.6 Å². The van der Waals surface area contributed by atoms with Gasteiger partial charge >= 0.3 is 6.61 Å². The third-order valence-electron chi connectivity index (χ3n) is 5.02. The minimum atomic E-state index is -2.91. The lowest BCUT2D eigenvalue weighted by atomic mass is 9.85. The molecule has 1 N–H and O–H groups in total. The molecule has 1 saturated heterocycles. The summed E-state index contributed by atoms with van der Waals surface area (Å²) in [6, 6.07) is 11.9. The molecule has 0 saturated carbocycles. The SMILES string of the molecule is COc1cc(C2CC(=O)NC3=NCC=C32)ccc1OCc1ccccc1OC(F)F. The number of amides is 1. The molecule has 0 aromatic heterocycles. The van der Waals surface area contributed by atoms with Gasteiger partial charge < -0.3 is 19.5 Å². The lowest BCUT2D eigenvalue weighted by Crippen LogP contribution is -2.38. The second kappa shape index (κ2) is 8.52. The van der Waals surface area contributed by atoms with Crippen LogP contribution in [0.4, 0.5) is 8.78 Å². The van der Waals surface area contributed by atoms with Crippen LogP contribution < -0.4 is 19.5 Å². The minimum Gasteiger partial charge on any atom is -0.493 e. The van der Waals surface area contributed by atoms with E-state index in [2.05, 4.69) is 15.0 Å². The van der Waals surface area contributed by atoms with E-state index in [-0.39, 0.29) is 24.2 Å². The van der Waals surface area contributed by atoms with E-state index in [1.54, 1.807) is 24.3 Å². The second-order valence-electron chi connectivity index (χ2n) is 6.84. The standard InChI is InChI=1S/C22H20F2N2O4/c1-28-19-10-13(16-11-20(27)26-21-15(16)8-9-25-21)6-7-18(19)29-12-14-4-2-3-5-17(14)30-22(23)24/h2-8,10,16,22H,9,11-12H2,1H3,(H,25,26,27). The molecule has 156 valence electrons. The van der Waals surface area contributed by atoms with E-state index in [0.717, 1.165) is 11.1 Å². The predicted octanol–water partition coefficient (Wildman–Crippen LogP) is 3.82. The van der Waals surface area contributed by atoms with Gasteiger partial charge in [0.25, 0.3) is 0 Å². The molecule has 1 unspecified atom stereocenters. The molecule has 1 fully saturated rings. The van der Waals surface area contributed by atoms with Crippen LogP contribution in [-0.2, 0) is 11.4 Å². The van der Waals surface area contributed by atoms with E-state index >= 15 is 0 Å². The number of halogens is 2. The molecule has 2 heterocycles. The Morgan fingerprint density at radius 3 is 2.80 bits per heavy atom. The first-order valence-corrected chi connectivity index (χ1v) is 9.43. The molecule has 1 atom stereocenters. The van der Waals surface area contributed by atoms with Crippen LogP contribution in [0.25, 0.3) is 0 Å². The summed E-state index contributed by atoms with van der Waals surface area (Å²) in [5.74, 6) is 1.46. The third-order valence-corrected chi connectivity index (χ3v) is 5.02. The summed E-state index contributed by atoms with van der Waals surface area (Å²) in [4.78, 5) is 16.3. The lowest BCUT2D eigenvalue weighted by molar-refractivity contribution is -0.120. The zero-order chi connectivity index (χ0) is 21.1. The van der Waals surface area contributed by atoms with Crippen molar-refractivity contribution in [1.29, 1.82) is 0 Å². The minimum absolute atomic E-state index is 0.0341. The molecule has 2 aromatic carbocycles. The number of carbonyl (C=O) groups excluding carboxylic acids is 1. The van der Waals surface area contributed by atoms with E-state index in [4.69, 9.17) is 9.47 Å². The van der Waals surface area contributed by atoms with E-state index in [0.29, 0.717) is 35.9 Å². The maximum absolute atomic E-state index is 12.6. The number of fused-ring (bicyclic) bond motifs is 1. The van der Waals surface area contributed by atoms with Gasteiger partial charge in [0.2, 0.25) is 5.91 Å². The largest absolute Gasteiger partial charge is 0.493 e. The summed E-state index contributed by atoms with van der Waals surface area (Å²) in [5.41, 5.74) is 2.41. The number of amidine groups is 1. The molecule has 8 heteroatoms. The van der Waals surface area contributed by atoms with Gasteiger partial charge in [0.1, 0.15) is 18.2 Å². The highest BCUT2D eigenvalue weighted by Gasteiger charge is 2.32. The Kier molecular flexibility index (Phi) is 5.65. The van der Waals surface area contributed by atoms with Crippen LogP contribution in [0.1, 0.15) is 23.5 Å². The van der Waals surface area contributed by atoms with Gasteiger partial charge in [-0.3, -0.25) is 9.79 Å². The number of aliphatic imine (C=N–C) groups is 1. The molecule has 0 spiro atoms. The number of methoxy groups -OCH3 is 1. The Bertz CT molecular complexity index is 1020. The second-order valence-corrected chi connectivity index (χ2v) is 6.84. The van der Waals surface area contributed by atoms with E-state index < -0.39 is 6.61 Å². The first kappa shape index (κ1) is 19.9. The summed E-state index contributed by atoms with van der Waals surface area (Å²) in [6.45, 7) is -2.32. The van der Waals surface area contributed by atoms with Crippen LogP contribution in [0.2, 0.25) is 0 Å². The van der Waals surface area contributed by atoms with E-state index in [9.17, 15) is 13.6 Å². The Morgan fingerprint density at radius 2 is 2.00 bits per heavy atom. The molecule has 2 aliphatic heterocycles. The number of hydrogen-bond donors (Lipinski definition) is 1. The van der Waals surface area contributed by atoms with Crippen molar-refractivity contribution in [2.24, 2.45) is 4.99 Å². The van der Waals surface area contributed by atoms with E-state index in [1.807, 2.05) is 18.2 Å². The van der Waals surface area contributed by atoms with Gasteiger partial charge in [-0.1, -0.05) is 30.3 Å². The average molecular weight is 414 g/mol. The number of hydrogen-bond acceptors (Lipinski definition) is 5. The van der Waals surface area contributed by atoms with Gasteiger partial charge in [0.05, 0.1) is 13.7 Å². The van der Waals surface area contributed by atoms with Crippen LogP contribution in [-0.4, -0.2) is 32.0 Å². The van der Waals surface area contributed by atoms with Crippen molar-refractivity contribution in [2.75, 3.05) is 13.7 Å². The Labute approximate surface area is 172 Å². The number of alkyl halides is 2. The highest BCUT2D eigenvalue weighted by molar-refractivity contribution is 6.12. The average Bonchev–Trinajstić information content (AvgIpc) is 3.20. The fourth-order valence-corrected chi connectivity index (χ4v) is 3.63. The summed E-state index contributed by atoms with van der Waals surface area (Å²) < 4.78 is 41.0. The van der Waals surface area contributed by atoms with Crippen LogP contribution in [0.3, 0.4) is 0 Å². The zero-order valence-corrected chi connectivity index (χ0v) is 16.2. The van der Waals surface area contributed by atoms with Crippen LogP contribution in [0, 0.1) is 0 Å². The summed E-state index contributed by atoms with van der Waals surface area (Å²) in [5, 5.41) is 2.80. The highest BCUT2D eigenvalue weighted by Crippen LogP contribution is 2.38. The smallest absolute Gasteiger partial charge is 0.387 e. The third kappa shape index (κ3) is 4.12. The number of nitrogens with zero attached hydrogens (tertiary/aromatic N) is 1. The normalized spacial score (nSPS) is 17.7. The van der Waals surface area contributed by atoms with Gasteiger partial charge in [-0.25, -0.2) is 0 Å². The molecular weight excluding hydrogens is 394 g/mol. The Balaban J connectivity index is 1.54. The summed E-state index contributed by atoms with van der Waals surface area (Å²) >= 11 is 0. The molecule has 4 rings (SSSR count). The first-order chi connectivity index (χ1) is 14.5. The van der Waals surface area contributed by atoms with Crippen LogP contribution in [0.15, 0.2) is 59.1 Å². The predicted molar refractivity (Wildman–Crippen MR) is 106 cm³/mol. The molecule has 2 aromatic rings. The maximum atomic E-state index is 12.6. The molecule has 0 bridgehead atoms. The summed E-state index contributed by atoms with van der Waals surface area (Å²) in [7, 11) is 1.52. The van der Waals surface area contributed by atoms with Gasteiger partial charge in [-0.2, -0.15) is 8.78 Å². The maximum Gasteiger partial charge on any atom is 0.387 e. The monoisotopic (exact) mass is 414 g/mol. The molecular formula is C22H20F2N2O4. The fourth-order valence-electron chi connectivity index (χ4n) is 3.63. The van der Waals surface area contributed by atoms with Gasteiger partial charge in [-0.15, -0.1) is 0 Å². The number of carbonyl (C=O) groups is 1. The van der Waals surface area contributed by atoms with Crippen molar-refractivity contribution in [3.63, 3.8) is 0 Å². The first-order valence-electron chi connectivity index (χ1n) is 9.43. The molecule has 0 aliphatic carbocycles. The molecule has 2 aliphatic rings. The highest BCUT2D eigenvalue weighted by atomic mass is 19.3. The number of ether oxygens (including phenoxy) is 3. The summed E-state index contributed by atoms with van der Waals surface area (Å²) in [6.07, 6.45) is 2.34. The van der Waals surface area contributed by atoms with Gasteiger partial charge in [0, 0.05) is 23.5 Å². The fraction of sp³-hybridized carbons (Fsp3) is 0.273. The molecule has 30 heavy (non-hydrogen) atoms. The Morgan fingerprint density at radius 1 is 1.17 bits per heavy atom. The zero-order valence-electron chi connectivity index (χ0n) is 16.2. The topological polar surface area (TPSA) is 69.2 Å². The Hall–Kier alpha value is -3.42. The number of rotatable bonds is 7. The van der Waals surface area contributed by atoms with Crippen molar-refractivity contribution >= 4 is 11.7 Å². The quantitative estimate of drug-likeness (QED) is 0.748.